The van der Waals surface area contributed by atoms with Crippen molar-refractivity contribution in [1.82, 2.24) is 0 Å². The zero-order valence-electron chi connectivity index (χ0n) is 8.37. The summed E-state index contributed by atoms with van der Waals surface area (Å²) in [6.45, 7) is 0. The van der Waals surface area contributed by atoms with Crippen molar-refractivity contribution in [1.29, 1.82) is 0 Å². The fourth-order valence-corrected chi connectivity index (χ4v) is 1.59. The summed E-state index contributed by atoms with van der Waals surface area (Å²) in [5.74, 6) is -0.295. The van der Waals surface area contributed by atoms with Crippen LogP contribution in [0.15, 0.2) is 42.5 Å². The van der Waals surface area contributed by atoms with Crippen molar-refractivity contribution in [2.45, 2.75) is 0 Å². The van der Waals surface area contributed by atoms with Crippen LogP contribution < -0.4 is 11.1 Å². The lowest BCUT2D eigenvalue weighted by Gasteiger charge is -2.08. The van der Waals surface area contributed by atoms with Gasteiger partial charge in [-0.2, -0.15) is 0 Å². The van der Waals surface area contributed by atoms with E-state index in [2.05, 4.69) is 5.32 Å². The Hall–Kier alpha value is -1.74. The molecule has 0 saturated heterocycles. The molecule has 4 heteroatoms. The molecule has 0 amide bonds. The maximum absolute atomic E-state index is 12.9. The Morgan fingerprint density at radius 2 is 1.94 bits per heavy atom. The summed E-state index contributed by atoms with van der Waals surface area (Å²) in [5.41, 5.74) is 7.51. The number of nitrogens with two attached hydrogens (primary N) is 1. The zero-order chi connectivity index (χ0) is 11.5. The van der Waals surface area contributed by atoms with Gasteiger partial charge in [0, 0.05) is 11.4 Å². The first kappa shape index (κ1) is 10.8. The van der Waals surface area contributed by atoms with Gasteiger partial charge in [0.1, 0.15) is 5.82 Å². The van der Waals surface area contributed by atoms with E-state index in [9.17, 15) is 4.39 Å². The molecule has 0 fully saturated rings. The Morgan fingerprint density at radius 3 is 2.62 bits per heavy atom. The van der Waals surface area contributed by atoms with E-state index in [4.69, 9.17) is 17.3 Å². The lowest BCUT2D eigenvalue weighted by Crippen LogP contribution is -1.93. The topological polar surface area (TPSA) is 38.0 Å². The number of nitrogen functional groups attached to an aromatic ring is 1. The van der Waals surface area contributed by atoms with Crippen LogP contribution in [0.2, 0.25) is 5.02 Å². The molecule has 0 unspecified atom stereocenters. The van der Waals surface area contributed by atoms with Crippen LogP contribution in [0.1, 0.15) is 0 Å². The van der Waals surface area contributed by atoms with E-state index >= 15 is 0 Å². The first-order chi connectivity index (χ1) is 7.65. The zero-order valence-corrected chi connectivity index (χ0v) is 9.13. The van der Waals surface area contributed by atoms with Crippen molar-refractivity contribution in [3.05, 3.63) is 53.3 Å². The monoisotopic (exact) mass is 236 g/mol. The quantitative estimate of drug-likeness (QED) is 0.779. The van der Waals surface area contributed by atoms with Gasteiger partial charge < -0.3 is 11.1 Å². The standard InChI is InChI=1S/C12H10ClFN2/c13-11-7-9(15)4-5-12(11)16-10-3-1-2-8(14)6-10/h1-7,16H,15H2. The van der Waals surface area contributed by atoms with E-state index < -0.39 is 0 Å². The minimum absolute atomic E-state index is 0.295. The fourth-order valence-electron chi connectivity index (χ4n) is 1.35. The molecule has 2 aromatic carbocycles. The maximum Gasteiger partial charge on any atom is 0.125 e. The highest BCUT2D eigenvalue weighted by Gasteiger charge is 2.01. The Balaban J connectivity index is 2.27. The Kier molecular flexibility index (Phi) is 2.97. The third-order valence-corrected chi connectivity index (χ3v) is 2.41. The fraction of sp³-hybridized carbons (Fsp3) is 0. The molecule has 0 aromatic heterocycles. The van der Waals surface area contributed by atoms with Crippen LogP contribution in [-0.2, 0) is 0 Å². The molecule has 0 bridgehead atoms. The van der Waals surface area contributed by atoms with Gasteiger partial charge in [0.05, 0.1) is 10.7 Å². The van der Waals surface area contributed by atoms with Crippen molar-refractivity contribution in [2.24, 2.45) is 0 Å². The number of hydrogen-bond acceptors (Lipinski definition) is 2. The Labute approximate surface area is 97.8 Å². The van der Waals surface area contributed by atoms with Gasteiger partial charge in [0.15, 0.2) is 0 Å². The Morgan fingerprint density at radius 1 is 1.12 bits per heavy atom. The number of hydrogen-bond donors (Lipinski definition) is 2. The molecule has 0 heterocycles. The molecule has 2 nitrogen and oxygen atoms in total. The molecule has 0 saturated carbocycles. The maximum atomic E-state index is 12.9. The van der Waals surface area contributed by atoms with Crippen LogP contribution in [0.5, 0.6) is 0 Å². The van der Waals surface area contributed by atoms with E-state index in [1.807, 2.05) is 0 Å². The summed E-state index contributed by atoms with van der Waals surface area (Å²) in [6.07, 6.45) is 0. The van der Waals surface area contributed by atoms with Gasteiger partial charge >= 0.3 is 0 Å². The molecule has 0 aliphatic heterocycles. The van der Waals surface area contributed by atoms with E-state index in [-0.39, 0.29) is 5.82 Å². The molecule has 2 aromatic rings. The highest BCUT2D eigenvalue weighted by Crippen LogP contribution is 2.27. The summed E-state index contributed by atoms with van der Waals surface area (Å²) < 4.78 is 12.9. The molecule has 16 heavy (non-hydrogen) atoms. The normalized spacial score (nSPS) is 10.1. The van der Waals surface area contributed by atoms with Gasteiger partial charge in [-0.05, 0) is 36.4 Å². The lowest BCUT2D eigenvalue weighted by atomic mass is 10.2. The third kappa shape index (κ3) is 2.44. The average Bonchev–Trinajstić information content (AvgIpc) is 2.22. The van der Waals surface area contributed by atoms with Crippen LogP contribution >= 0.6 is 11.6 Å². The molecule has 0 spiro atoms. The third-order valence-electron chi connectivity index (χ3n) is 2.10. The molecule has 2 rings (SSSR count). The molecular weight excluding hydrogens is 227 g/mol. The minimum atomic E-state index is -0.295. The molecule has 0 atom stereocenters. The number of rotatable bonds is 2. The second kappa shape index (κ2) is 4.41. The average molecular weight is 237 g/mol. The lowest BCUT2D eigenvalue weighted by molar-refractivity contribution is 0.628. The summed E-state index contributed by atoms with van der Waals surface area (Å²) >= 11 is 5.98. The molecule has 82 valence electrons. The van der Waals surface area contributed by atoms with Gasteiger partial charge in [-0.3, -0.25) is 0 Å². The largest absolute Gasteiger partial charge is 0.399 e. The highest BCUT2D eigenvalue weighted by atomic mass is 35.5. The second-order valence-corrected chi connectivity index (χ2v) is 3.78. The van der Waals surface area contributed by atoms with Gasteiger partial charge in [-0.1, -0.05) is 17.7 Å². The van der Waals surface area contributed by atoms with Gasteiger partial charge in [-0.15, -0.1) is 0 Å². The number of anilines is 3. The van der Waals surface area contributed by atoms with E-state index in [0.29, 0.717) is 22.1 Å². The SMILES string of the molecule is Nc1ccc(Nc2cccc(F)c2)c(Cl)c1. The van der Waals surface area contributed by atoms with Gasteiger partial charge in [0.25, 0.3) is 0 Å². The van der Waals surface area contributed by atoms with Crippen molar-refractivity contribution in [2.75, 3.05) is 11.1 Å². The molecule has 0 radical (unpaired) electrons. The van der Waals surface area contributed by atoms with Crippen LogP contribution in [0.4, 0.5) is 21.5 Å². The predicted octanol–water partition coefficient (Wildman–Crippen LogP) is 3.80. The Bertz CT molecular complexity index is 514. The molecule has 3 N–H and O–H groups in total. The number of nitrogens with one attached hydrogen (secondary N) is 1. The first-order valence-electron chi connectivity index (χ1n) is 4.73. The predicted molar refractivity (Wildman–Crippen MR) is 65.5 cm³/mol. The van der Waals surface area contributed by atoms with E-state index in [0.717, 1.165) is 0 Å². The van der Waals surface area contributed by atoms with Crippen LogP contribution in [0.3, 0.4) is 0 Å². The first-order valence-corrected chi connectivity index (χ1v) is 5.10. The van der Waals surface area contributed by atoms with E-state index in [1.165, 1.54) is 12.1 Å². The van der Waals surface area contributed by atoms with E-state index in [1.54, 1.807) is 30.3 Å². The second-order valence-electron chi connectivity index (χ2n) is 3.37. The number of halogens is 2. The van der Waals surface area contributed by atoms with Crippen molar-refractivity contribution >= 4 is 28.7 Å². The minimum Gasteiger partial charge on any atom is -0.399 e. The summed E-state index contributed by atoms with van der Waals surface area (Å²) in [6, 6.07) is 11.3. The summed E-state index contributed by atoms with van der Waals surface area (Å²) in [4.78, 5) is 0. The van der Waals surface area contributed by atoms with Crippen LogP contribution in [0, 0.1) is 5.82 Å². The van der Waals surface area contributed by atoms with Crippen LogP contribution in [-0.4, -0.2) is 0 Å². The smallest absolute Gasteiger partial charge is 0.125 e. The molecule has 0 aliphatic rings. The van der Waals surface area contributed by atoms with Gasteiger partial charge in [-0.25, -0.2) is 4.39 Å². The van der Waals surface area contributed by atoms with Crippen molar-refractivity contribution < 1.29 is 4.39 Å². The molecule has 0 aliphatic carbocycles. The summed E-state index contributed by atoms with van der Waals surface area (Å²) in [5, 5.41) is 3.52. The van der Waals surface area contributed by atoms with Crippen LogP contribution in [0.25, 0.3) is 0 Å². The van der Waals surface area contributed by atoms with Gasteiger partial charge in [0.2, 0.25) is 0 Å². The molecular formula is C12H10ClFN2. The highest BCUT2D eigenvalue weighted by molar-refractivity contribution is 6.33. The van der Waals surface area contributed by atoms with Crippen molar-refractivity contribution in [3.63, 3.8) is 0 Å². The number of benzene rings is 2. The van der Waals surface area contributed by atoms with Crippen molar-refractivity contribution in [3.8, 4) is 0 Å². The summed E-state index contributed by atoms with van der Waals surface area (Å²) in [7, 11) is 0.